The fourth-order valence-electron chi connectivity index (χ4n) is 2.59. The average molecular weight is 353 g/mol. The Morgan fingerprint density at radius 1 is 1.32 bits per heavy atom. The van der Waals surface area contributed by atoms with Crippen LogP contribution in [-0.2, 0) is 14.3 Å². The predicted octanol–water partition coefficient (Wildman–Crippen LogP) is 0.207. The van der Waals surface area contributed by atoms with Gasteiger partial charge in [0, 0.05) is 52.8 Å². The number of morpholine rings is 1. The van der Waals surface area contributed by atoms with Gasteiger partial charge in [0.15, 0.2) is 0 Å². The van der Waals surface area contributed by atoms with Crippen LogP contribution in [0.4, 0.5) is 0 Å². The van der Waals surface area contributed by atoms with E-state index < -0.39 is 0 Å². The quantitative estimate of drug-likeness (QED) is 0.647. The number of nitrogens with zero attached hydrogens (tertiary/aromatic N) is 2. The topological polar surface area (TPSA) is 84.3 Å². The number of nitrogens with one attached hydrogen (secondary N) is 1. The van der Waals surface area contributed by atoms with E-state index in [9.17, 15) is 9.59 Å². The van der Waals surface area contributed by atoms with Gasteiger partial charge in [0.2, 0.25) is 5.91 Å². The van der Waals surface area contributed by atoms with E-state index >= 15 is 0 Å². The maximum atomic E-state index is 12.4. The minimum Gasteiger partial charge on any atom is -0.472 e. The van der Waals surface area contributed by atoms with Crippen molar-refractivity contribution in [2.24, 2.45) is 0 Å². The normalized spacial score (nSPS) is 15.1. The summed E-state index contributed by atoms with van der Waals surface area (Å²) in [5, 5.41) is 2.91. The van der Waals surface area contributed by atoms with Gasteiger partial charge in [0.1, 0.15) is 6.26 Å². The van der Waals surface area contributed by atoms with E-state index in [-0.39, 0.29) is 18.2 Å². The fourth-order valence-corrected chi connectivity index (χ4v) is 2.59. The molecular formula is C17H27N3O5. The molecular weight excluding hydrogens is 326 g/mol. The summed E-state index contributed by atoms with van der Waals surface area (Å²) in [5.74, 6) is -0.220. The third-order valence-corrected chi connectivity index (χ3v) is 4.08. The molecule has 1 aromatic heterocycles. The van der Waals surface area contributed by atoms with E-state index in [1.165, 1.54) is 12.5 Å². The largest absolute Gasteiger partial charge is 0.472 e. The highest BCUT2D eigenvalue weighted by Crippen LogP contribution is 2.06. The number of carbonyl (C=O) groups is 2. The van der Waals surface area contributed by atoms with Crippen molar-refractivity contribution in [1.82, 2.24) is 15.1 Å². The maximum Gasteiger partial charge on any atom is 0.257 e. The molecule has 2 heterocycles. The molecule has 0 aliphatic carbocycles. The Balaban J connectivity index is 1.70. The molecule has 1 saturated heterocycles. The third kappa shape index (κ3) is 6.85. The summed E-state index contributed by atoms with van der Waals surface area (Å²) in [6, 6.07) is 1.62. The van der Waals surface area contributed by atoms with Gasteiger partial charge in [-0.1, -0.05) is 0 Å². The standard InChI is InChI=1S/C17H27N3O5/c1-23-11-9-20(17(22)15-3-10-25-14-15)5-2-16(21)18-4-6-19-7-12-24-13-8-19/h3,10,14H,2,4-9,11-13H2,1H3,(H,18,21). The first kappa shape index (κ1) is 19.4. The van der Waals surface area contributed by atoms with Crippen molar-refractivity contribution in [1.29, 1.82) is 0 Å². The smallest absolute Gasteiger partial charge is 0.257 e. The molecule has 25 heavy (non-hydrogen) atoms. The van der Waals surface area contributed by atoms with Gasteiger partial charge in [-0.2, -0.15) is 0 Å². The van der Waals surface area contributed by atoms with Crippen molar-refractivity contribution in [3.8, 4) is 0 Å². The van der Waals surface area contributed by atoms with Crippen LogP contribution < -0.4 is 5.32 Å². The summed E-state index contributed by atoms with van der Waals surface area (Å²) in [6.45, 7) is 5.92. The molecule has 0 bridgehead atoms. The molecule has 8 heteroatoms. The summed E-state index contributed by atoms with van der Waals surface area (Å²) >= 11 is 0. The first-order valence-corrected chi connectivity index (χ1v) is 8.58. The van der Waals surface area contributed by atoms with Crippen LogP contribution in [0.3, 0.4) is 0 Å². The Bertz CT molecular complexity index is 514. The fraction of sp³-hybridized carbons (Fsp3) is 0.647. The zero-order chi connectivity index (χ0) is 17.9. The zero-order valence-electron chi connectivity index (χ0n) is 14.7. The van der Waals surface area contributed by atoms with Gasteiger partial charge >= 0.3 is 0 Å². The Hall–Kier alpha value is -1.90. The van der Waals surface area contributed by atoms with E-state index in [2.05, 4.69) is 10.2 Å². The van der Waals surface area contributed by atoms with Gasteiger partial charge in [-0.05, 0) is 6.07 Å². The molecule has 140 valence electrons. The molecule has 8 nitrogen and oxygen atoms in total. The van der Waals surface area contributed by atoms with Gasteiger partial charge in [-0.3, -0.25) is 14.5 Å². The first-order chi connectivity index (χ1) is 12.2. The van der Waals surface area contributed by atoms with E-state index in [0.29, 0.717) is 31.8 Å². The van der Waals surface area contributed by atoms with E-state index in [1.807, 2.05) is 0 Å². The number of carbonyl (C=O) groups excluding carboxylic acids is 2. The molecule has 0 atom stereocenters. The number of hydrogen-bond donors (Lipinski definition) is 1. The van der Waals surface area contributed by atoms with E-state index in [0.717, 1.165) is 32.8 Å². The molecule has 0 saturated carbocycles. The second kappa shape index (κ2) is 10.9. The number of rotatable bonds is 10. The summed E-state index contributed by atoms with van der Waals surface area (Å²) in [5.41, 5.74) is 0.476. The minimum absolute atomic E-state index is 0.0596. The van der Waals surface area contributed by atoms with Gasteiger partial charge in [-0.15, -0.1) is 0 Å². The molecule has 1 aliphatic rings. The van der Waals surface area contributed by atoms with Crippen LogP contribution in [0.2, 0.25) is 0 Å². The molecule has 0 aromatic carbocycles. The Morgan fingerprint density at radius 2 is 2.12 bits per heavy atom. The van der Waals surface area contributed by atoms with Gasteiger partial charge in [0.05, 0.1) is 31.6 Å². The second-order valence-electron chi connectivity index (χ2n) is 5.85. The minimum atomic E-state index is -0.160. The van der Waals surface area contributed by atoms with Gasteiger partial charge in [0.25, 0.3) is 5.91 Å². The monoisotopic (exact) mass is 353 g/mol. The molecule has 1 aliphatic heterocycles. The number of hydrogen-bond acceptors (Lipinski definition) is 6. The van der Waals surface area contributed by atoms with E-state index in [1.54, 1.807) is 18.1 Å². The van der Waals surface area contributed by atoms with Crippen LogP contribution in [0, 0.1) is 0 Å². The van der Waals surface area contributed by atoms with Crippen molar-refractivity contribution in [2.75, 3.05) is 66.2 Å². The molecule has 1 aromatic rings. The Labute approximate surface area is 148 Å². The third-order valence-electron chi connectivity index (χ3n) is 4.08. The van der Waals surface area contributed by atoms with Crippen LogP contribution in [-0.4, -0.2) is 87.8 Å². The van der Waals surface area contributed by atoms with Crippen molar-refractivity contribution >= 4 is 11.8 Å². The lowest BCUT2D eigenvalue weighted by atomic mass is 10.2. The van der Waals surface area contributed by atoms with Crippen LogP contribution in [0.5, 0.6) is 0 Å². The zero-order valence-corrected chi connectivity index (χ0v) is 14.7. The number of furan rings is 1. The number of amides is 2. The lowest BCUT2D eigenvalue weighted by molar-refractivity contribution is -0.121. The highest BCUT2D eigenvalue weighted by molar-refractivity contribution is 5.94. The molecule has 2 amide bonds. The van der Waals surface area contributed by atoms with Crippen LogP contribution in [0.15, 0.2) is 23.0 Å². The van der Waals surface area contributed by atoms with Crippen molar-refractivity contribution in [2.45, 2.75) is 6.42 Å². The summed E-state index contributed by atoms with van der Waals surface area (Å²) in [7, 11) is 1.58. The molecule has 0 radical (unpaired) electrons. The summed E-state index contributed by atoms with van der Waals surface area (Å²) in [6.07, 6.45) is 3.13. The highest BCUT2D eigenvalue weighted by Gasteiger charge is 2.18. The maximum absolute atomic E-state index is 12.4. The van der Waals surface area contributed by atoms with Crippen LogP contribution >= 0.6 is 0 Å². The van der Waals surface area contributed by atoms with Gasteiger partial charge < -0.3 is 24.1 Å². The molecule has 2 rings (SSSR count). The van der Waals surface area contributed by atoms with E-state index in [4.69, 9.17) is 13.9 Å². The molecule has 0 unspecified atom stereocenters. The van der Waals surface area contributed by atoms with Crippen molar-refractivity contribution in [3.05, 3.63) is 24.2 Å². The molecule has 1 N–H and O–H groups in total. The van der Waals surface area contributed by atoms with Crippen LogP contribution in [0.1, 0.15) is 16.8 Å². The lowest BCUT2D eigenvalue weighted by Crippen LogP contribution is -2.42. The number of methoxy groups -OCH3 is 1. The Morgan fingerprint density at radius 3 is 2.80 bits per heavy atom. The lowest BCUT2D eigenvalue weighted by Gasteiger charge is -2.26. The summed E-state index contributed by atoms with van der Waals surface area (Å²) in [4.78, 5) is 28.3. The average Bonchev–Trinajstić information content (AvgIpc) is 3.17. The van der Waals surface area contributed by atoms with Gasteiger partial charge in [-0.25, -0.2) is 0 Å². The SMILES string of the molecule is COCCN(CCC(=O)NCCN1CCOCC1)C(=O)c1ccoc1. The number of ether oxygens (including phenoxy) is 2. The molecule has 0 spiro atoms. The molecule has 1 fully saturated rings. The van der Waals surface area contributed by atoms with Crippen molar-refractivity contribution in [3.63, 3.8) is 0 Å². The summed E-state index contributed by atoms with van der Waals surface area (Å²) < 4.78 is 15.3. The second-order valence-corrected chi connectivity index (χ2v) is 5.85. The predicted molar refractivity (Wildman–Crippen MR) is 91.4 cm³/mol. The van der Waals surface area contributed by atoms with Crippen LogP contribution in [0.25, 0.3) is 0 Å². The Kier molecular flexibility index (Phi) is 8.44. The highest BCUT2D eigenvalue weighted by atomic mass is 16.5. The van der Waals surface area contributed by atoms with Crippen molar-refractivity contribution < 1.29 is 23.5 Å². The first-order valence-electron chi connectivity index (χ1n) is 8.58.